The second-order valence-corrected chi connectivity index (χ2v) is 4.68. The SMILES string of the molecule is O=C(c1ccc2c(c1)C(=O)NCC2)c1ccc(Cl)o1. The van der Waals surface area contributed by atoms with Crippen molar-refractivity contribution in [1.29, 1.82) is 0 Å². The number of halogens is 1. The van der Waals surface area contributed by atoms with Gasteiger partial charge in [-0.2, -0.15) is 0 Å². The van der Waals surface area contributed by atoms with E-state index in [-0.39, 0.29) is 22.7 Å². The summed E-state index contributed by atoms with van der Waals surface area (Å²) in [4.78, 5) is 23.9. The van der Waals surface area contributed by atoms with Crippen LogP contribution >= 0.6 is 11.6 Å². The Hall–Kier alpha value is -2.07. The molecule has 1 amide bonds. The number of furan rings is 1. The molecule has 0 spiro atoms. The Morgan fingerprint density at radius 2 is 2.11 bits per heavy atom. The Labute approximate surface area is 114 Å². The number of carbonyl (C=O) groups excluding carboxylic acids is 2. The van der Waals surface area contributed by atoms with Crippen molar-refractivity contribution >= 4 is 23.3 Å². The molecule has 0 fully saturated rings. The van der Waals surface area contributed by atoms with Crippen LogP contribution in [0.3, 0.4) is 0 Å². The fraction of sp³-hybridized carbons (Fsp3) is 0.143. The number of amides is 1. The minimum absolute atomic E-state index is 0.145. The molecule has 0 atom stereocenters. The molecule has 1 aliphatic heterocycles. The minimum atomic E-state index is -0.284. The zero-order valence-electron chi connectivity index (χ0n) is 9.90. The third-order valence-corrected chi connectivity index (χ3v) is 3.30. The van der Waals surface area contributed by atoms with Crippen molar-refractivity contribution in [2.45, 2.75) is 6.42 Å². The smallest absolute Gasteiger partial charge is 0.251 e. The van der Waals surface area contributed by atoms with Gasteiger partial charge in [0.15, 0.2) is 11.0 Å². The van der Waals surface area contributed by atoms with E-state index >= 15 is 0 Å². The zero-order valence-corrected chi connectivity index (χ0v) is 10.7. The molecule has 1 aromatic carbocycles. The number of ketones is 1. The summed E-state index contributed by atoms with van der Waals surface area (Å²) >= 11 is 5.65. The van der Waals surface area contributed by atoms with E-state index in [1.165, 1.54) is 12.1 Å². The van der Waals surface area contributed by atoms with Gasteiger partial charge in [-0.05, 0) is 41.8 Å². The molecule has 0 unspecified atom stereocenters. The Balaban J connectivity index is 2.00. The largest absolute Gasteiger partial charge is 0.441 e. The molecule has 0 saturated carbocycles. The van der Waals surface area contributed by atoms with E-state index < -0.39 is 0 Å². The highest BCUT2D eigenvalue weighted by Crippen LogP contribution is 2.20. The lowest BCUT2D eigenvalue weighted by Gasteiger charge is -2.16. The standard InChI is InChI=1S/C14H10ClNO3/c15-12-4-3-11(19-12)13(17)9-2-1-8-5-6-16-14(18)10(8)7-9/h1-4,7H,5-6H2,(H,16,18). The van der Waals surface area contributed by atoms with Crippen LogP contribution < -0.4 is 5.32 Å². The van der Waals surface area contributed by atoms with E-state index in [1.807, 2.05) is 6.07 Å². The fourth-order valence-electron chi connectivity index (χ4n) is 2.13. The first kappa shape index (κ1) is 12.0. The summed E-state index contributed by atoms with van der Waals surface area (Å²) in [6, 6.07) is 8.15. The van der Waals surface area contributed by atoms with Crippen LogP contribution in [0.25, 0.3) is 0 Å². The van der Waals surface area contributed by atoms with Gasteiger partial charge in [-0.25, -0.2) is 0 Å². The van der Waals surface area contributed by atoms with Crippen LogP contribution in [0.4, 0.5) is 0 Å². The number of carbonyl (C=O) groups is 2. The molecule has 4 nitrogen and oxygen atoms in total. The molecule has 1 aromatic heterocycles. The van der Waals surface area contributed by atoms with Crippen molar-refractivity contribution in [3.8, 4) is 0 Å². The number of rotatable bonds is 2. The van der Waals surface area contributed by atoms with Crippen molar-refractivity contribution in [3.63, 3.8) is 0 Å². The third kappa shape index (κ3) is 2.15. The Morgan fingerprint density at radius 1 is 1.26 bits per heavy atom. The van der Waals surface area contributed by atoms with Crippen LogP contribution in [0.5, 0.6) is 0 Å². The van der Waals surface area contributed by atoms with Gasteiger partial charge in [0.05, 0.1) is 0 Å². The fourth-order valence-corrected chi connectivity index (χ4v) is 2.28. The summed E-state index contributed by atoms with van der Waals surface area (Å²) in [6.07, 6.45) is 0.780. The summed E-state index contributed by atoms with van der Waals surface area (Å²) in [6.45, 7) is 0.632. The molecule has 0 saturated heterocycles. The van der Waals surface area contributed by atoms with Crippen molar-refractivity contribution in [2.24, 2.45) is 0 Å². The van der Waals surface area contributed by atoms with Gasteiger partial charge in [0.25, 0.3) is 5.91 Å². The van der Waals surface area contributed by atoms with Gasteiger partial charge >= 0.3 is 0 Å². The second-order valence-electron chi connectivity index (χ2n) is 4.31. The molecule has 96 valence electrons. The number of fused-ring (bicyclic) bond motifs is 1. The van der Waals surface area contributed by atoms with Crippen LogP contribution in [0, 0.1) is 0 Å². The molecule has 0 bridgehead atoms. The minimum Gasteiger partial charge on any atom is -0.441 e. The molecule has 0 aliphatic carbocycles. The molecule has 19 heavy (non-hydrogen) atoms. The van der Waals surface area contributed by atoms with Gasteiger partial charge in [-0.15, -0.1) is 0 Å². The molecule has 0 radical (unpaired) electrons. The van der Waals surface area contributed by atoms with Gasteiger partial charge in [-0.3, -0.25) is 9.59 Å². The van der Waals surface area contributed by atoms with Crippen molar-refractivity contribution < 1.29 is 14.0 Å². The normalized spacial score (nSPS) is 13.8. The summed E-state index contributed by atoms with van der Waals surface area (Å²) in [5.41, 5.74) is 1.93. The average molecular weight is 276 g/mol. The summed E-state index contributed by atoms with van der Waals surface area (Å²) < 4.78 is 5.09. The highest BCUT2D eigenvalue weighted by atomic mass is 35.5. The van der Waals surface area contributed by atoms with Crippen LogP contribution in [0.15, 0.2) is 34.7 Å². The Bertz CT molecular complexity index is 675. The average Bonchev–Trinajstić information content (AvgIpc) is 2.85. The van der Waals surface area contributed by atoms with Gasteiger partial charge in [0, 0.05) is 17.7 Å². The molecule has 2 aromatic rings. The first-order valence-electron chi connectivity index (χ1n) is 5.86. The highest BCUT2D eigenvalue weighted by molar-refractivity contribution is 6.29. The molecule has 1 aliphatic rings. The maximum Gasteiger partial charge on any atom is 0.251 e. The quantitative estimate of drug-likeness (QED) is 0.857. The van der Waals surface area contributed by atoms with Crippen LogP contribution in [0.2, 0.25) is 5.22 Å². The lowest BCUT2D eigenvalue weighted by atomic mass is 9.96. The van der Waals surface area contributed by atoms with Crippen LogP contribution in [-0.2, 0) is 6.42 Å². The maximum absolute atomic E-state index is 12.2. The molecular formula is C14H10ClNO3. The van der Waals surface area contributed by atoms with Crippen molar-refractivity contribution in [2.75, 3.05) is 6.54 Å². The third-order valence-electron chi connectivity index (χ3n) is 3.09. The van der Waals surface area contributed by atoms with E-state index in [0.29, 0.717) is 17.7 Å². The molecular weight excluding hydrogens is 266 g/mol. The first-order valence-corrected chi connectivity index (χ1v) is 6.24. The highest BCUT2D eigenvalue weighted by Gasteiger charge is 2.20. The Kier molecular flexibility index (Phi) is 2.87. The van der Waals surface area contributed by atoms with Gasteiger partial charge < -0.3 is 9.73 Å². The first-order chi connectivity index (χ1) is 9.15. The van der Waals surface area contributed by atoms with Gasteiger partial charge in [0.1, 0.15) is 0 Å². The molecule has 2 heterocycles. The van der Waals surface area contributed by atoms with Gasteiger partial charge in [0.2, 0.25) is 5.78 Å². The summed E-state index contributed by atoms with van der Waals surface area (Å²) in [7, 11) is 0. The van der Waals surface area contributed by atoms with E-state index in [2.05, 4.69) is 5.32 Å². The monoisotopic (exact) mass is 275 g/mol. The maximum atomic E-state index is 12.2. The summed E-state index contributed by atoms with van der Waals surface area (Å²) in [5, 5.41) is 2.92. The van der Waals surface area contributed by atoms with Crippen molar-refractivity contribution in [1.82, 2.24) is 5.32 Å². The molecule has 5 heteroatoms. The zero-order chi connectivity index (χ0) is 13.4. The number of hydrogen-bond donors (Lipinski definition) is 1. The topological polar surface area (TPSA) is 59.3 Å². The summed E-state index contributed by atoms with van der Waals surface area (Å²) in [5.74, 6) is -0.261. The lowest BCUT2D eigenvalue weighted by Crippen LogP contribution is -2.32. The van der Waals surface area contributed by atoms with Gasteiger partial charge in [-0.1, -0.05) is 12.1 Å². The van der Waals surface area contributed by atoms with E-state index in [4.69, 9.17) is 16.0 Å². The number of hydrogen-bond acceptors (Lipinski definition) is 3. The molecule has 1 N–H and O–H groups in total. The van der Waals surface area contributed by atoms with Crippen LogP contribution in [-0.4, -0.2) is 18.2 Å². The predicted molar refractivity (Wildman–Crippen MR) is 69.6 cm³/mol. The number of benzene rings is 1. The van der Waals surface area contributed by atoms with E-state index in [1.54, 1.807) is 12.1 Å². The van der Waals surface area contributed by atoms with E-state index in [0.717, 1.165) is 12.0 Å². The van der Waals surface area contributed by atoms with Crippen molar-refractivity contribution in [3.05, 3.63) is 58.0 Å². The van der Waals surface area contributed by atoms with Crippen LogP contribution in [0.1, 0.15) is 32.0 Å². The number of nitrogens with one attached hydrogen (secondary N) is 1. The lowest BCUT2D eigenvalue weighted by molar-refractivity contribution is 0.0946. The predicted octanol–water partition coefficient (Wildman–Crippen LogP) is 2.45. The second kappa shape index (κ2) is 4.55. The Morgan fingerprint density at radius 3 is 2.84 bits per heavy atom. The molecule has 3 rings (SSSR count). The van der Waals surface area contributed by atoms with E-state index in [9.17, 15) is 9.59 Å².